The average Bonchev–Trinajstić information content (AvgIpc) is 2.47. The molecule has 1 fully saturated rings. The van der Waals surface area contributed by atoms with Crippen molar-refractivity contribution in [3.63, 3.8) is 0 Å². The zero-order valence-electron chi connectivity index (χ0n) is 12.5. The van der Waals surface area contributed by atoms with Gasteiger partial charge in [0.05, 0.1) is 4.90 Å². The van der Waals surface area contributed by atoms with E-state index >= 15 is 0 Å². The van der Waals surface area contributed by atoms with Gasteiger partial charge in [0.1, 0.15) is 0 Å². The molecule has 21 heavy (non-hydrogen) atoms. The monoisotopic (exact) mass is 328 g/mol. The van der Waals surface area contributed by atoms with Crippen molar-refractivity contribution in [3.8, 4) is 0 Å². The molecule has 0 unspecified atom stereocenters. The summed E-state index contributed by atoms with van der Waals surface area (Å²) < 4.78 is 22.7. The largest absolute Gasteiger partial charge is 0.317 e. The van der Waals surface area contributed by atoms with E-state index in [-0.39, 0.29) is 0 Å². The predicted octanol–water partition coefficient (Wildman–Crippen LogP) is 1.66. The zero-order valence-corrected chi connectivity index (χ0v) is 14.1. The second-order valence-electron chi connectivity index (χ2n) is 5.41. The van der Waals surface area contributed by atoms with Crippen LogP contribution in [-0.4, -0.2) is 45.3 Å². The van der Waals surface area contributed by atoms with E-state index in [0.717, 1.165) is 42.7 Å². The number of thioether (sulfide) groups is 1. The SMILES string of the molecule is CS(=O)(=O)c1ccc(CNCCSC2CCNCC2)cc1. The highest BCUT2D eigenvalue weighted by Crippen LogP contribution is 2.19. The topological polar surface area (TPSA) is 58.2 Å². The van der Waals surface area contributed by atoms with E-state index in [1.54, 1.807) is 12.1 Å². The van der Waals surface area contributed by atoms with Crippen molar-refractivity contribution in [2.24, 2.45) is 0 Å². The number of sulfone groups is 1. The Balaban J connectivity index is 1.64. The first-order valence-electron chi connectivity index (χ1n) is 7.38. The Bertz CT molecular complexity index is 523. The molecule has 0 atom stereocenters. The minimum Gasteiger partial charge on any atom is -0.317 e. The smallest absolute Gasteiger partial charge is 0.175 e. The molecular formula is C15H24N2O2S2. The number of benzene rings is 1. The number of rotatable bonds is 7. The van der Waals surface area contributed by atoms with Gasteiger partial charge in [-0.2, -0.15) is 11.8 Å². The second-order valence-corrected chi connectivity index (χ2v) is 8.84. The van der Waals surface area contributed by atoms with Crippen LogP contribution in [0.4, 0.5) is 0 Å². The molecule has 0 aliphatic carbocycles. The van der Waals surface area contributed by atoms with Gasteiger partial charge < -0.3 is 10.6 Å². The molecule has 2 N–H and O–H groups in total. The maximum Gasteiger partial charge on any atom is 0.175 e. The van der Waals surface area contributed by atoms with Gasteiger partial charge in [0.25, 0.3) is 0 Å². The standard InChI is InChI=1S/C15H24N2O2S2/c1-21(18,19)15-4-2-13(3-5-15)12-17-10-11-20-14-6-8-16-9-7-14/h2-5,14,16-17H,6-12H2,1H3. The van der Waals surface area contributed by atoms with Gasteiger partial charge in [-0.1, -0.05) is 12.1 Å². The van der Waals surface area contributed by atoms with Crippen LogP contribution in [0.5, 0.6) is 0 Å². The number of piperidine rings is 1. The Morgan fingerprint density at radius 2 is 1.90 bits per heavy atom. The van der Waals surface area contributed by atoms with Gasteiger partial charge in [-0.15, -0.1) is 0 Å². The summed E-state index contributed by atoms with van der Waals surface area (Å²) in [6.45, 7) is 4.08. The Kier molecular flexibility index (Phi) is 6.54. The maximum absolute atomic E-state index is 11.4. The van der Waals surface area contributed by atoms with Gasteiger partial charge in [-0.3, -0.25) is 0 Å². The third kappa shape index (κ3) is 5.98. The van der Waals surface area contributed by atoms with E-state index in [4.69, 9.17) is 0 Å². The Labute approximate surface area is 132 Å². The first-order chi connectivity index (χ1) is 10.1. The van der Waals surface area contributed by atoms with Crippen LogP contribution in [0.2, 0.25) is 0 Å². The zero-order chi connectivity index (χ0) is 15.1. The van der Waals surface area contributed by atoms with E-state index < -0.39 is 9.84 Å². The molecule has 0 saturated carbocycles. The normalized spacial score (nSPS) is 17.0. The Morgan fingerprint density at radius 3 is 2.52 bits per heavy atom. The molecule has 1 aromatic rings. The van der Waals surface area contributed by atoms with Gasteiger partial charge in [0, 0.05) is 30.3 Å². The molecule has 1 aromatic carbocycles. The van der Waals surface area contributed by atoms with E-state index in [1.165, 1.54) is 19.1 Å². The number of hydrogen-bond donors (Lipinski definition) is 2. The summed E-state index contributed by atoms with van der Waals surface area (Å²) in [4.78, 5) is 0.382. The summed E-state index contributed by atoms with van der Waals surface area (Å²) in [7, 11) is -3.09. The summed E-state index contributed by atoms with van der Waals surface area (Å²) in [5.74, 6) is 1.13. The molecule has 0 amide bonds. The first-order valence-corrected chi connectivity index (χ1v) is 10.3. The lowest BCUT2D eigenvalue weighted by Gasteiger charge is -2.22. The molecule has 0 radical (unpaired) electrons. The van der Waals surface area contributed by atoms with Crippen molar-refractivity contribution in [2.45, 2.75) is 29.5 Å². The molecule has 0 aromatic heterocycles. The quantitative estimate of drug-likeness (QED) is 0.746. The van der Waals surface area contributed by atoms with E-state index in [0.29, 0.717) is 4.90 Å². The minimum absolute atomic E-state index is 0.382. The van der Waals surface area contributed by atoms with Gasteiger partial charge in [-0.25, -0.2) is 8.42 Å². The lowest BCUT2D eigenvalue weighted by Crippen LogP contribution is -2.30. The highest BCUT2D eigenvalue weighted by molar-refractivity contribution is 7.99. The summed E-state index contributed by atoms with van der Waals surface area (Å²) in [6, 6.07) is 7.11. The third-order valence-electron chi connectivity index (χ3n) is 3.60. The first kappa shape index (κ1) is 16.8. The summed E-state index contributed by atoms with van der Waals surface area (Å²) in [6.07, 6.45) is 3.79. The van der Waals surface area contributed by atoms with Crippen molar-refractivity contribution in [1.29, 1.82) is 0 Å². The lowest BCUT2D eigenvalue weighted by molar-refractivity contribution is 0.531. The van der Waals surface area contributed by atoms with Crippen LogP contribution in [0.3, 0.4) is 0 Å². The van der Waals surface area contributed by atoms with E-state index in [2.05, 4.69) is 22.4 Å². The average molecular weight is 329 g/mol. The predicted molar refractivity (Wildman–Crippen MR) is 89.6 cm³/mol. The van der Waals surface area contributed by atoms with Gasteiger partial charge >= 0.3 is 0 Å². The molecule has 2 rings (SSSR count). The highest BCUT2D eigenvalue weighted by atomic mass is 32.2. The van der Waals surface area contributed by atoms with Crippen LogP contribution >= 0.6 is 11.8 Å². The molecule has 0 spiro atoms. The van der Waals surface area contributed by atoms with Crippen LogP contribution in [0, 0.1) is 0 Å². The van der Waals surface area contributed by atoms with Crippen molar-refractivity contribution in [3.05, 3.63) is 29.8 Å². The van der Waals surface area contributed by atoms with Gasteiger partial charge in [-0.05, 0) is 43.6 Å². The number of hydrogen-bond acceptors (Lipinski definition) is 5. The third-order valence-corrected chi connectivity index (χ3v) is 6.11. The van der Waals surface area contributed by atoms with Crippen molar-refractivity contribution in [2.75, 3.05) is 31.6 Å². The molecular weight excluding hydrogens is 304 g/mol. The molecule has 1 heterocycles. The minimum atomic E-state index is -3.09. The van der Waals surface area contributed by atoms with E-state index in [9.17, 15) is 8.42 Å². The Morgan fingerprint density at radius 1 is 1.24 bits per heavy atom. The van der Waals surface area contributed by atoms with Crippen LogP contribution in [-0.2, 0) is 16.4 Å². The van der Waals surface area contributed by atoms with Crippen molar-refractivity contribution in [1.82, 2.24) is 10.6 Å². The summed E-state index contributed by atoms with van der Waals surface area (Å²) in [5.41, 5.74) is 1.12. The molecule has 118 valence electrons. The fourth-order valence-corrected chi connectivity index (χ4v) is 4.14. The van der Waals surface area contributed by atoms with Gasteiger partial charge in [0.15, 0.2) is 9.84 Å². The Hall–Kier alpha value is -0.560. The molecule has 1 aliphatic heterocycles. The van der Waals surface area contributed by atoms with Crippen LogP contribution < -0.4 is 10.6 Å². The fraction of sp³-hybridized carbons (Fsp3) is 0.600. The van der Waals surface area contributed by atoms with Crippen molar-refractivity contribution < 1.29 is 8.42 Å². The van der Waals surface area contributed by atoms with Crippen LogP contribution in [0.25, 0.3) is 0 Å². The van der Waals surface area contributed by atoms with Gasteiger partial charge in [0.2, 0.25) is 0 Å². The summed E-state index contributed by atoms with van der Waals surface area (Å²) >= 11 is 2.06. The van der Waals surface area contributed by atoms with Crippen molar-refractivity contribution >= 4 is 21.6 Å². The molecule has 1 saturated heterocycles. The highest BCUT2D eigenvalue weighted by Gasteiger charge is 2.12. The molecule has 6 heteroatoms. The van der Waals surface area contributed by atoms with Crippen LogP contribution in [0.1, 0.15) is 18.4 Å². The second kappa shape index (κ2) is 8.17. The lowest BCUT2D eigenvalue weighted by atomic mass is 10.2. The molecule has 4 nitrogen and oxygen atoms in total. The van der Waals surface area contributed by atoms with E-state index in [1.807, 2.05) is 12.1 Å². The fourth-order valence-electron chi connectivity index (χ4n) is 2.35. The molecule has 0 bridgehead atoms. The molecule has 1 aliphatic rings. The van der Waals surface area contributed by atoms with Crippen LogP contribution in [0.15, 0.2) is 29.2 Å². The number of nitrogens with one attached hydrogen (secondary N) is 2. The summed E-state index contributed by atoms with van der Waals surface area (Å²) in [5, 5.41) is 7.60. The maximum atomic E-state index is 11.4.